The SMILES string of the molecule is NCc1nnc(-c2cccc(F)c2Br)s1. The van der Waals surface area contributed by atoms with E-state index >= 15 is 0 Å². The van der Waals surface area contributed by atoms with Gasteiger partial charge in [0.1, 0.15) is 15.8 Å². The molecule has 78 valence electrons. The third-order valence-electron chi connectivity index (χ3n) is 1.82. The molecule has 0 atom stereocenters. The lowest BCUT2D eigenvalue weighted by Crippen LogP contribution is -1.94. The minimum Gasteiger partial charge on any atom is -0.324 e. The zero-order valence-electron chi connectivity index (χ0n) is 7.58. The smallest absolute Gasteiger partial charge is 0.149 e. The third kappa shape index (κ3) is 2.06. The van der Waals surface area contributed by atoms with Crippen molar-refractivity contribution in [3.8, 4) is 10.6 Å². The first-order chi connectivity index (χ1) is 7.22. The van der Waals surface area contributed by atoms with E-state index in [2.05, 4.69) is 26.1 Å². The Morgan fingerprint density at radius 3 is 2.87 bits per heavy atom. The normalized spacial score (nSPS) is 10.6. The summed E-state index contributed by atoms with van der Waals surface area (Å²) >= 11 is 4.55. The average molecular weight is 288 g/mol. The molecule has 2 rings (SSSR count). The van der Waals surface area contributed by atoms with Crippen molar-refractivity contribution in [2.45, 2.75) is 6.54 Å². The van der Waals surface area contributed by atoms with Gasteiger partial charge in [-0.25, -0.2) is 4.39 Å². The first-order valence-corrected chi connectivity index (χ1v) is 5.80. The minimum absolute atomic E-state index is 0.308. The highest BCUT2D eigenvalue weighted by atomic mass is 79.9. The van der Waals surface area contributed by atoms with Crippen molar-refractivity contribution in [3.63, 3.8) is 0 Å². The zero-order chi connectivity index (χ0) is 10.8. The van der Waals surface area contributed by atoms with Gasteiger partial charge in [-0.2, -0.15) is 0 Å². The summed E-state index contributed by atoms with van der Waals surface area (Å²) in [5, 5.41) is 9.24. The Labute approximate surface area is 98.3 Å². The predicted octanol–water partition coefficient (Wildman–Crippen LogP) is 2.57. The Morgan fingerprint density at radius 2 is 2.20 bits per heavy atom. The first-order valence-electron chi connectivity index (χ1n) is 4.19. The summed E-state index contributed by atoms with van der Waals surface area (Å²) in [6.07, 6.45) is 0. The summed E-state index contributed by atoms with van der Waals surface area (Å²) in [7, 11) is 0. The van der Waals surface area contributed by atoms with Crippen LogP contribution in [0.2, 0.25) is 0 Å². The van der Waals surface area contributed by atoms with E-state index < -0.39 is 0 Å². The minimum atomic E-state index is -0.308. The van der Waals surface area contributed by atoms with Crippen LogP contribution in [0.1, 0.15) is 5.01 Å². The molecule has 0 saturated heterocycles. The standard InChI is InChI=1S/C9H7BrFN3S/c10-8-5(2-1-3-6(8)11)9-14-13-7(4-12)15-9/h1-3H,4,12H2. The molecular formula is C9H7BrFN3S. The fourth-order valence-corrected chi connectivity index (χ4v) is 2.45. The molecule has 0 radical (unpaired) electrons. The van der Waals surface area contributed by atoms with Gasteiger partial charge in [0.25, 0.3) is 0 Å². The molecule has 0 amide bonds. The molecule has 6 heteroatoms. The van der Waals surface area contributed by atoms with Gasteiger partial charge in [-0.1, -0.05) is 23.5 Å². The number of rotatable bonds is 2. The molecule has 2 aromatic rings. The average Bonchev–Trinajstić information content (AvgIpc) is 2.70. The van der Waals surface area contributed by atoms with Gasteiger partial charge < -0.3 is 5.73 Å². The highest BCUT2D eigenvalue weighted by molar-refractivity contribution is 9.10. The highest BCUT2D eigenvalue weighted by Crippen LogP contribution is 2.31. The fraction of sp³-hybridized carbons (Fsp3) is 0.111. The lowest BCUT2D eigenvalue weighted by Gasteiger charge is -1.99. The van der Waals surface area contributed by atoms with Gasteiger partial charge >= 0.3 is 0 Å². The second-order valence-electron chi connectivity index (χ2n) is 2.81. The van der Waals surface area contributed by atoms with Gasteiger partial charge in [0.05, 0.1) is 4.47 Å². The molecule has 1 heterocycles. The van der Waals surface area contributed by atoms with Gasteiger partial charge in [-0.05, 0) is 22.0 Å². The molecule has 0 fully saturated rings. The lowest BCUT2D eigenvalue weighted by atomic mass is 10.2. The van der Waals surface area contributed by atoms with E-state index in [0.29, 0.717) is 21.6 Å². The van der Waals surface area contributed by atoms with Crippen LogP contribution < -0.4 is 5.73 Å². The van der Waals surface area contributed by atoms with Crippen LogP contribution in [0.4, 0.5) is 4.39 Å². The van der Waals surface area contributed by atoms with E-state index in [1.54, 1.807) is 12.1 Å². The Bertz CT molecular complexity index is 486. The Balaban J connectivity index is 2.49. The van der Waals surface area contributed by atoms with Gasteiger partial charge in [-0.3, -0.25) is 0 Å². The van der Waals surface area contributed by atoms with Crippen LogP contribution in [0.3, 0.4) is 0 Å². The van der Waals surface area contributed by atoms with Crippen LogP contribution in [0.25, 0.3) is 10.6 Å². The third-order valence-corrected chi connectivity index (χ3v) is 3.61. The van der Waals surface area contributed by atoms with Crippen molar-refractivity contribution >= 4 is 27.3 Å². The van der Waals surface area contributed by atoms with Crippen LogP contribution in [0.5, 0.6) is 0 Å². The summed E-state index contributed by atoms with van der Waals surface area (Å²) in [5.41, 5.74) is 6.13. The van der Waals surface area contributed by atoms with E-state index in [1.165, 1.54) is 17.4 Å². The molecule has 1 aromatic heterocycles. The van der Waals surface area contributed by atoms with Crippen LogP contribution in [-0.4, -0.2) is 10.2 Å². The highest BCUT2D eigenvalue weighted by Gasteiger charge is 2.11. The van der Waals surface area contributed by atoms with Gasteiger partial charge in [0.2, 0.25) is 0 Å². The Hall–Kier alpha value is -0.850. The van der Waals surface area contributed by atoms with E-state index in [0.717, 1.165) is 5.01 Å². The van der Waals surface area contributed by atoms with Gasteiger partial charge in [0.15, 0.2) is 0 Å². The summed E-state index contributed by atoms with van der Waals surface area (Å²) in [4.78, 5) is 0. The predicted molar refractivity (Wildman–Crippen MR) is 60.9 cm³/mol. The molecule has 3 nitrogen and oxygen atoms in total. The number of hydrogen-bond acceptors (Lipinski definition) is 4. The second-order valence-corrected chi connectivity index (χ2v) is 4.66. The summed E-state index contributed by atoms with van der Waals surface area (Å²) in [5.74, 6) is -0.308. The molecule has 0 aliphatic carbocycles. The molecule has 0 bridgehead atoms. The van der Waals surface area contributed by atoms with E-state index in [4.69, 9.17) is 5.73 Å². The molecule has 0 aliphatic rings. The summed E-state index contributed by atoms with van der Waals surface area (Å²) in [6.45, 7) is 0.352. The Morgan fingerprint density at radius 1 is 1.40 bits per heavy atom. The van der Waals surface area contributed by atoms with Crippen LogP contribution in [0, 0.1) is 5.82 Å². The van der Waals surface area contributed by atoms with Crippen LogP contribution >= 0.6 is 27.3 Å². The lowest BCUT2D eigenvalue weighted by molar-refractivity contribution is 0.621. The number of nitrogens with two attached hydrogens (primary N) is 1. The van der Waals surface area contributed by atoms with Crippen molar-refractivity contribution in [3.05, 3.63) is 33.5 Å². The molecule has 15 heavy (non-hydrogen) atoms. The van der Waals surface area contributed by atoms with Crippen molar-refractivity contribution in [1.29, 1.82) is 0 Å². The Kier molecular flexibility index (Phi) is 3.08. The number of benzene rings is 1. The second kappa shape index (κ2) is 4.34. The van der Waals surface area contributed by atoms with Gasteiger partial charge in [-0.15, -0.1) is 10.2 Å². The van der Waals surface area contributed by atoms with E-state index in [1.807, 2.05) is 0 Å². The van der Waals surface area contributed by atoms with Gasteiger partial charge in [0, 0.05) is 12.1 Å². The largest absolute Gasteiger partial charge is 0.324 e. The maximum atomic E-state index is 13.2. The van der Waals surface area contributed by atoms with Crippen molar-refractivity contribution in [2.24, 2.45) is 5.73 Å². The summed E-state index contributed by atoms with van der Waals surface area (Å²) < 4.78 is 13.6. The van der Waals surface area contributed by atoms with E-state index in [-0.39, 0.29) is 5.82 Å². The molecule has 1 aromatic carbocycles. The van der Waals surface area contributed by atoms with Crippen molar-refractivity contribution in [1.82, 2.24) is 10.2 Å². The van der Waals surface area contributed by atoms with Crippen molar-refractivity contribution in [2.75, 3.05) is 0 Å². The maximum Gasteiger partial charge on any atom is 0.149 e. The molecule has 0 saturated carbocycles. The number of aromatic nitrogens is 2. The van der Waals surface area contributed by atoms with Crippen LogP contribution in [-0.2, 0) is 6.54 Å². The summed E-state index contributed by atoms with van der Waals surface area (Å²) in [6, 6.07) is 4.81. The quantitative estimate of drug-likeness (QED) is 0.924. The zero-order valence-corrected chi connectivity index (χ0v) is 9.98. The number of halogens is 2. The molecule has 0 spiro atoms. The number of nitrogens with zero attached hydrogens (tertiary/aromatic N) is 2. The monoisotopic (exact) mass is 287 g/mol. The maximum absolute atomic E-state index is 13.2. The van der Waals surface area contributed by atoms with Crippen LogP contribution in [0.15, 0.2) is 22.7 Å². The number of hydrogen-bond donors (Lipinski definition) is 1. The molecular weight excluding hydrogens is 281 g/mol. The molecule has 0 aliphatic heterocycles. The molecule has 2 N–H and O–H groups in total. The first kappa shape index (κ1) is 10.7. The van der Waals surface area contributed by atoms with E-state index in [9.17, 15) is 4.39 Å². The molecule has 0 unspecified atom stereocenters. The fourth-order valence-electron chi connectivity index (χ4n) is 1.11. The van der Waals surface area contributed by atoms with Crippen molar-refractivity contribution < 1.29 is 4.39 Å². The topological polar surface area (TPSA) is 51.8 Å².